The third-order valence-corrected chi connectivity index (χ3v) is 4.53. The van der Waals surface area contributed by atoms with Gasteiger partial charge in [0, 0.05) is 0 Å². The molecule has 2 fully saturated rings. The molecule has 0 unspecified atom stereocenters. The van der Waals surface area contributed by atoms with Crippen LogP contribution >= 0.6 is 0 Å². The summed E-state index contributed by atoms with van der Waals surface area (Å²) in [5.74, 6) is -0.155. The molecule has 3 heteroatoms. The lowest BCUT2D eigenvalue weighted by molar-refractivity contribution is -0.162. The summed E-state index contributed by atoms with van der Waals surface area (Å²) in [7, 11) is 0. The molecule has 20 heavy (non-hydrogen) atoms. The topological polar surface area (TPSA) is 38.8 Å². The van der Waals surface area contributed by atoms with Gasteiger partial charge in [-0.1, -0.05) is 30.3 Å². The van der Waals surface area contributed by atoms with Crippen molar-refractivity contribution in [1.82, 2.24) is 0 Å². The highest BCUT2D eigenvalue weighted by atomic mass is 16.7. The Kier molecular flexibility index (Phi) is 2.78. The lowest BCUT2D eigenvalue weighted by Crippen LogP contribution is -2.35. The number of rotatable bonds is 2. The van der Waals surface area contributed by atoms with Gasteiger partial charge in [-0.15, -0.1) is 0 Å². The molecule has 1 saturated carbocycles. The maximum atomic E-state index is 12.2. The number of ether oxygens (including phenoxy) is 2. The molecule has 0 amide bonds. The Labute approximate surface area is 120 Å². The Morgan fingerprint density at radius 3 is 2.50 bits per heavy atom. The molecule has 0 aromatic heterocycles. The fourth-order valence-electron chi connectivity index (χ4n) is 3.27. The molecular weight excluding hydrogens is 252 g/mol. The molecule has 1 aromatic carbocycles. The van der Waals surface area contributed by atoms with Crippen LogP contribution in [0.3, 0.4) is 0 Å². The molecular formula is C17H22O3. The van der Waals surface area contributed by atoms with Crippen molar-refractivity contribution in [3.63, 3.8) is 0 Å². The minimum atomic E-state index is -0.480. The zero-order valence-electron chi connectivity index (χ0n) is 12.6. The number of carbonyl (C=O) groups is 1. The van der Waals surface area contributed by atoms with Crippen molar-refractivity contribution < 1.29 is 14.3 Å². The van der Waals surface area contributed by atoms with Gasteiger partial charge in [0.15, 0.2) is 5.60 Å². The lowest BCUT2D eigenvalue weighted by atomic mass is 9.88. The van der Waals surface area contributed by atoms with E-state index in [-0.39, 0.29) is 17.7 Å². The van der Waals surface area contributed by atoms with Gasteiger partial charge in [0.05, 0.1) is 5.41 Å². The highest BCUT2D eigenvalue weighted by Crippen LogP contribution is 2.66. The quantitative estimate of drug-likeness (QED) is 0.612. The highest BCUT2D eigenvalue weighted by molar-refractivity contribution is 5.75. The largest absolute Gasteiger partial charge is 0.458 e. The number of esters is 1. The van der Waals surface area contributed by atoms with Crippen LogP contribution in [0.4, 0.5) is 0 Å². The van der Waals surface area contributed by atoms with Crippen molar-refractivity contribution in [3.8, 4) is 0 Å². The van der Waals surface area contributed by atoms with Crippen LogP contribution in [0.1, 0.15) is 46.1 Å². The predicted octanol–water partition coefficient (Wildman–Crippen LogP) is 3.42. The van der Waals surface area contributed by atoms with Crippen molar-refractivity contribution in [2.24, 2.45) is 5.41 Å². The van der Waals surface area contributed by atoms with E-state index in [4.69, 9.17) is 9.47 Å². The zero-order valence-corrected chi connectivity index (χ0v) is 12.6. The summed E-state index contributed by atoms with van der Waals surface area (Å²) >= 11 is 0. The molecule has 0 spiro atoms. The standard InChI is InChI=1S/C17H22O3/c1-15(2,3)14(18)19-13-10-11-16(4)17(13,20-16)12-8-6-5-7-9-12/h5-9,13H,10-11H2,1-4H3/t13-,16-,17+/m0/s1. The number of fused-ring (bicyclic) bond motifs is 1. The molecule has 3 nitrogen and oxygen atoms in total. The van der Waals surface area contributed by atoms with Crippen molar-refractivity contribution in [1.29, 1.82) is 0 Å². The molecule has 2 aliphatic rings. The number of benzene rings is 1. The first-order valence-corrected chi connectivity index (χ1v) is 7.26. The van der Waals surface area contributed by atoms with Gasteiger partial charge in [0.25, 0.3) is 0 Å². The monoisotopic (exact) mass is 274 g/mol. The van der Waals surface area contributed by atoms with Gasteiger partial charge in [0.1, 0.15) is 11.7 Å². The minimum Gasteiger partial charge on any atom is -0.458 e. The molecule has 1 aromatic rings. The van der Waals surface area contributed by atoms with Gasteiger partial charge in [-0.3, -0.25) is 4.79 Å². The van der Waals surface area contributed by atoms with Crippen LogP contribution in [0.25, 0.3) is 0 Å². The molecule has 0 radical (unpaired) electrons. The maximum absolute atomic E-state index is 12.2. The average Bonchev–Trinajstić information content (AvgIpc) is 2.93. The van der Waals surface area contributed by atoms with E-state index in [0.717, 1.165) is 18.4 Å². The van der Waals surface area contributed by atoms with Gasteiger partial charge in [0.2, 0.25) is 0 Å². The van der Waals surface area contributed by atoms with Crippen LogP contribution in [0.2, 0.25) is 0 Å². The van der Waals surface area contributed by atoms with Gasteiger partial charge in [-0.25, -0.2) is 0 Å². The Morgan fingerprint density at radius 1 is 1.30 bits per heavy atom. The van der Waals surface area contributed by atoms with Crippen LogP contribution in [0.5, 0.6) is 0 Å². The van der Waals surface area contributed by atoms with E-state index >= 15 is 0 Å². The molecule has 1 saturated heterocycles. The Morgan fingerprint density at radius 2 is 1.95 bits per heavy atom. The second kappa shape index (κ2) is 4.08. The fraction of sp³-hybridized carbons (Fsp3) is 0.588. The van der Waals surface area contributed by atoms with E-state index in [1.807, 2.05) is 39.0 Å². The predicted molar refractivity (Wildman–Crippen MR) is 76.2 cm³/mol. The maximum Gasteiger partial charge on any atom is 0.311 e. The van der Waals surface area contributed by atoms with Crippen molar-refractivity contribution in [3.05, 3.63) is 35.9 Å². The normalized spacial score (nSPS) is 35.5. The van der Waals surface area contributed by atoms with E-state index in [1.54, 1.807) is 0 Å². The van der Waals surface area contributed by atoms with Crippen molar-refractivity contribution >= 4 is 5.97 Å². The number of hydrogen-bond donors (Lipinski definition) is 0. The third kappa shape index (κ3) is 1.80. The first kappa shape index (κ1) is 13.6. The summed E-state index contributed by atoms with van der Waals surface area (Å²) in [4.78, 5) is 12.2. The second-order valence-corrected chi connectivity index (χ2v) is 7.12. The first-order chi connectivity index (χ1) is 9.30. The van der Waals surface area contributed by atoms with Crippen LogP contribution in [-0.4, -0.2) is 17.7 Å². The van der Waals surface area contributed by atoms with E-state index < -0.39 is 11.0 Å². The van der Waals surface area contributed by atoms with Crippen molar-refractivity contribution in [2.45, 2.75) is 57.8 Å². The van der Waals surface area contributed by atoms with Crippen LogP contribution in [0, 0.1) is 5.41 Å². The van der Waals surface area contributed by atoms with E-state index in [2.05, 4.69) is 19.1 Å². The zero-order chi connectivity index (χ0) is 14.6. The lowest BCUT2D eigenvalue weighted by Gasteiger charge is -2.25. The van der Waals surface area contributed by atoms with E-state index in [1.165, 1.54) is 0 Å². The van der Waals surface area contributed by atoms with Crippen LogP contribution in [-0.2, 0) is 19.9 Å². The van der Waals surface area contributed by atoms with Crippen LogP contribution in [0.15, 0.2) is 30.3 Å². The van der Waals surface area contributed by atoms with Crippen molar-refractivity contribution in [2.75, 3.05) is 0 Å². The Hall–Kier alpha value is -1.35. The average molecular weight is 274 g/mol. The summed E-state index contributed by atoms with van der Waals surface area (Å²) in [6.45, 7) is 7.76. The van der Waals surface area contributed by atoms with Gasteiger partial charge in [-0.2, -0.15) is 0 Å². The van der Waals surface area contributed by atoms with E-state index in [0.29, 0.717) is 0 Å². The van der Waals surface area contributed by atoms with Gasteiger partial charge >= 0.3 is 5.97 Å². The van der Waals surface area contributed by atoms with Crippen LogP contribution < -0.4 is 0 Å². The molecule has 108 valence electrons. The summed E-state index contributed by atoms with van der Waals surface area (Å²) in [6, 6.07) is 10.1. The first-order valence-electron chi connectivity index (χ1n) is 7.26. The Balaban J connectivity index is 1.88. The van der Waals surface area contributed by atoms with Gasteiger partial charge in [-0.05, 0) is 46.1 Å². The number of epoxide rings is 1. The fourth-order valence-corrected chi connectivity index (χ4v) is 3.27. The summed E-state index contributed by atoms with van der Waals surface area (Å²) in [5, 5.41) is 0. The molecule has 3 rings (SSSR count). The summed E-state index contributed by atoms with van der Waals surface area (Å²) < 4.78 is 11.9. The van der Waals surface area contributed by atoms with E-state index in [9.17, 15) is 4.79 Å². The SMILES string of the molecule is CC(C)(C)C(=O)O[C@H]1CC[C@]2(C)O[C@]12c1ccccc1. The summed E-state index contributed by atoms with van der Waals surface area (Å²) in [5.41, 5.74) is 0.0182. The second-order valence-electron chi connectivity index (χ2n) is 7.12. The highest BCUT2D eigenvalue weighted by Gasteiger charge is 2.76. The Bertz CT molecular complexity index is 531. The molecule has 0 bridgehead atoms. The minimum absolute atomic E-state index is 0.155. The molecule has 1 aliphatic carbocycles. The molecule has 1 heterocycles. The molecule has 0 N–H and O–H groups in total. The molecule has 1 aliphatic heterocycles. The number of carbonyl (C=O) groups excluding carboxylic acids is 1. The third-order valence-electron chi connectivity index (χ3n) is 4.53. The number of hydrogen-bond acceptors (Lipinski definition) is 3. The summed E-state index contributed by atoms with van der Waals surface area (Å²) in [6.07, 6.45) is 1.62. The smallest absolute Gasteiger partial charge is 0.311 e. The van der Waals surface area contributed by atoms with Gasteiger partial charge < -0.3 is 9.47 Å². The molecule has 3 atom stereocenters.